The molecule has 21 heavy (non-hydrogen) atoms. The summed E-state index contributed by atoms with van der Waals surface area (Å²) in [5.74, 6) is 1.57. The van der Waals surface area contributed by atoms with E-state index < -0.39 is 16.0 Å². The van der Waals surface area contributed by atoms with Crippen LogP contribution in [0.5, 0.6) is 0 Å². The van der Waals surface area contributed by atoms with Crippen LogP contribution in [0.1, 0.15) is 30.3 Å². The van der Waals surface area contributed by atoms with Crippen LogP contribution in [0.3, 0.4) is 0 Å². The summed E-state index contributed by atoms with van der Waals surface area (Å²) in [5.41, 5.74) is -0.0387. The van der Waals surface area contributed by atoms with Crippen LogP contribution in [0.2, 0.25) is 0 Å². The molecule has 0 aliphatic heterocycles. The number of sulfonamides is 1. The molecule has 0 spiro atoms. The van der Waals surface area contributed by atoms with Gasteiger partial charge in [0.15, 0.2) is 0 Å². The van der Waals surface area contributed by atoms with E-state index in [1.165, 1.54) is 21.1 Å². The van der Waals surface area contributed by atoms with Crippen molar-refractivity contribution < 1.29 is 18.3 Å². The predicted molar refractivity (Wildman–Crippen MR) is 77.4 cm³/mol. The molecule has 1 aromatic heterocycles. The van der Waals surface area contributed by atoms with Crippen molar-refractivity contribution in [3.05, 3.63) is 18.0 Å². The summed E-state index contributed by atoms with van der Waals surface area (Å²) >= 11 is 0. The minimum atomic E-state index is -3.76. The lowest BCUT2D eigenvalue weighted by Gasteiger charge is -2.18. The maximum Gasteiger partial charge on any atom is 0.352 e. The fraction of sp³-hybridized carbons (Fsp3) is 0.500. The van der Waals surface area contributed by atoms with E-state index in [-0.39, 0.29) is 17.1 Å². The Morgan fingerprint density at radius 3 is 2.67 bits per heavy atom. The zero-order chi connectivity index (χ0) is 15.6. The van der Waals surface area contributed by atoms with E-state index in [1.807, 2.05) is 0 Å². The summed E-state index contributed by atoms with van der Waals surface area (Å²) in [7, 11) is -3.76. The highest BCUT2D eigenvalue weighted by Crippen LogP contribution is 2.31. The number of nitrogens with zero attached hydrogens (tertiary/aromatic N) is 2. The fourth-order valence-corrected chi connectivity index (χ4v) is 3.62. The highest BCUT2D eigenvalue weighted by molar-refractivity contribution is 7.89. The van der Waals surface area contributed by atoms with Gasteiger partial charge in [-0.15, -0.1) is 6.42 Å². The second-order valence-corrected chi connectivity index (χ2v) is 7.04. The van der Waals surface area contributed by atoms with Gasteiger partial charge in [-0.2, -0.15) is 4.31 Å². The Bertz CT molecular complexity index is 680. The minimum Gasteiger partial charge on any atom is -0.477 e. The molecule has 1 heterocycles. The first-order valence-corrected chi connectivity index (χ1v) is 8.21. The largest absolute Gasteiger partial charge is 0.477 e. The minimum absolute atomic E-state index is 0.00145. The number of carboxylic acids is 1. The molecule has 2 rings (SSSR count). The summed E-state index contributed by atoms with van der Waals surface area (Å²) in [6.45, 7) is 2.53. The Labute approximate surface area is 124 Å². The molecule has 1 aliphatic rings. The van der Waals surface area contributed by atoms with Crippen LogP contribution < -0.4 is 0 Å². The summed E-state index contributed by atoms with van der Waals surface area (Å²) in [5, 5.41) is 9.11. The molecule has 0 radical (unpaired) electrons. The lowest BCUT2D eigenvalue weighted by atomic mass is 10.4. The molecule has 114 valence electrons. The number of hydrogen-bond donors (Lipinski definition) is 1. The average Bonchev–Trinajstić information content (AvgIpc) is 3.12. The normalized spacial score (nSPS) is 15.1. The molecule has 1 fully saturated rings. The first kappa shape index (κ1) is 15.6. The van der Waals surface area contributed by atoms with Gasteiger partial charge >= 0.3 is 5.97 Å². The zero-order valence-corrected chi connectivity index (χ0v) is 12.6. The quantitative estimate of drug-likeness (QED) is 0.768. The van der Waals surface area contributed by atoms with Gasteiger partial charge in [0.1, 0.15) is 10.6 Å². The van der Waals surface area contributed by atoms with Gasteiger partial charge in [-0.3, -0.25) is 0 Å². The molecule has 1 saturated carbocycles. The third kappa shape index (κ3) is 3.28. The van der Waals surface area contributed by atoms with Gasteiger partial charge in [0.2, 0.25) is 10.0 Å². The molecule has 0 saturated heterocycles. The van der Waals surface area contributed by atoms with E-state index in [0.29, 0.717) is 19.0 Å². The van der Waals surface area contributed by atoms with Gasteiger partial charge in [-0.05, 0) is 31.7 Å². The van der Waals surface area contributed by atoms with Crippen LogP contribution in [0.4, 0.5) is 0 Å². The number of carbonyl (C=O) groups is 1. The lowest BCUT2D eigenvalue weighted by molar-refractivity contribution is 0.0685. The third-order valence-corrected chi connectivity index (χ3v) is 5.27. The maximum atomic E-state index is 12.6. The van der Waals surface area contributed by atoms with E-state index in [9.17, 15) is 13.2 Å². The Kier molecular flexibility index (Phi) is 4.40. The molecule has 0 aromatic carbocycles. The Hall–Kier alpha value is -1.78. The van der Waals surface area contributed by atoms with Crippen molar-refractivity contribution in [2.24, 2.45) is 5.92 Å². The average molecular weight is 310 g/mol. The topological polar surface area (TPSA) is 79.6 Å². The van der Waals surface area contributed by atoms with Crippen LogP contribution in [-0.4, -0.2) is 41.5 Å². The van der Waals surface area contributed by atoms with Gasteiger partial charge in [0.25, 0.3) is 0 Å². The maximum absolute atomic E-state index is 12.6. The zero-order valence-electron chi connectivity index (χ0n) is 11.8. The van der Waals surface area contributed by atoms with Crippen molar-refractivity contribution in [3.63, 3.8) is 0 Å². The standard InChI is InChI=1S/C14H18N2O4S/c1-3-7-16(9-11-5-6-11)21(19,20)12-8-13(14(17)18)15(4-2)10-12/h1,8,10-11H,4-7,9H2,2H3,(H,17,18). The number of aromatic nitrogens is 1. The third-order valence-electron chi connectivity index (χ3n) is 3.50. The van der Waals surface area contributed by atoms with Crippen molar-refractivity contribution in [3.8, 4) is 12.3 Å². The number of carboxylic acid groups (broad SMARTS) is 1. The first-order chi connectivity index (χ1) is 9.90. The fourth-order valence-electron chi connectivity index (χ4n) is 2.15. The molecule has 0 unspecified atom stereocenters. The summed E-state index contributed by atoms with van der Waals surface area (Å²) in [6.07, 6.45) is 8.62. The Morgan fingerprint density at radius 1 is 1.57 bits per heavy atom. The molecule has 1 N–H and O–H groups in total. The van der Waals surface area contributed by atoms with Crippen molar-refractivity contribution in [1.29, 1.82) is 0 Å². The van der Waals surface area contributed by atoms with Crippen LogP contribution in [-0.2, 0) is 16.6 Å². The van der Waals surface area contributed by atoms with Crippen LogP contribution in [0, 0.1) is 18.3 Å². The monoisotopic (exact) mass is 310 g/mol. The van der Waals surface area contributed by atoms with Crippen molar-refractivity contribution in [1.82, 2.24) is 8.87 Å². The van der Waals surface area contributed by atoms with Gasteiger partial charge in [0.05, 0.1) is 6.54 Å². The smallest absolute Gasteiger partial charge is 0.352 e. The lowest BCUT2D eigenvalue weighted by Crippen LogP contribution is -2.33. The summed E-state index contributed by atoms with van der Waals surface area (Å²) in [4.78, 5) is 11.1. The van der Waals surface area contributed by atoms with E-state index in [1.54, 1.807) is 6.92 Å². The molecule has 7 heteroatoms. The summed E-state index contributed by atoms with van der Waals surface area (Å²) in [6, 6.07) is 1.19. The number of aromatic carboxylic acids is 1. The van der Waals surface area contributed by atoms with Gasteiger partial charge in [-0.25, -0.2) is 13.2 Å². The summed E-state index contributed by atoms with van der Waals surface area (Å²) < 4.78 is 27.9. The van der Waals surface area contributed by atoms with Crippen molar-refractivity contribution >= 4 is 16.0 Å². The molecule has 1 aliphatic carbocycles. The molecule has 1 aromatic rings. The Morgan fingerprint density at radius 2 is 2.24 bits per heavy atom. The molecule has 0 amide bonds. The van der Waals surface area contributed by atoms with E-state index >= 15 is 0 Å². The first-order valence-electron chi connectivity index (χ1n) is 6.77. The molecule has 0 bridgehead atoms. The number of rotatable bonds is 7. The van der Waals surface area contributed by atoms with E-state index in [4.69, 9.17) is 11.5 Å². The van der Waals surface area contributed by atoms with Gasteiger partial charge in [0, 0.05) is 19.3 Å². The van der Waals surface area contributed by atoms with Gasteiger partial charge < -0.3 is 9.67 Å². The highest BCUT2D eigenvalue weighted by Gasteiger charge is 2.32. The molecule has 6 nitrogen and oxygen atoms in total. The van der Waals surface area contributed by atoms with Crippen molar-refractivity contribution in [2.45, 2.75) is 31.2 Å². The number of terminal acetylenes is 1. The molecular weight excluding hydrogens is 292 g/mol. The van der Waals surface area contributed by atoms with Crippen LogP contribution in [0.15, 0.2) is 17.2 Å². The SMILES string of the molecule is C#CCN(CC1CC1)S(=O)(=O)c1cc(C(=O)O)n(CC)c1. The highest BCUT2D eigenvalue weighted by atomic mass is 32.2. The van der Waals surface area contributed by atoms with Crippen molar-refractivity contribution in [2.75, 3.05) is 13.1 Å². The molecule has 0 atom stereocenters. The number of hydrogen-bond acceptors (Lipinski definition) is 3. The Balaban J connectivity index is 2.36. The number of aryl methyl sites for hydroxylation is 1. The second-order valence-electron chi connectivity index (χ2n) is 5.10. The van der Waals surface area contributed by atoms with Crippen LogP contribution in [0.25, 0.3) is 0 Å². The predicted octanol–water partition coefficient (Wildman–Crippen LogP) is 1.24. The second kappa shape index (κ2) is 5.92. The van der Waals surface area contributed by atoms with Gasteiger partial charge in [-0.1, -0.05) is 5.92 Å². The van der Waals surface area contributed by atoms with E-state index in [2.05, 4.69) is 5.92 Å². The van der Waals surface area contributed by atoms with Crippen LogP contribution >= 0.6 is 0 Å². The van der Waals surface area contributed by atoms with E-state index in [0.717, 1.165) is 12.8 Å². The molecular formula is C14H18N2O4S.